The number of hydrogen-bond donors (Lipinski definition) is 7. The second-order valence-electron chi connectivity index (χ2n) is 16.1. The van der Waals surface area contributed by atoms with E-state index in [2.05, 4.69) is 44.7 Å². The molecule has 4 aromatic rings. The lowest BCUT2D eigenvalue weighted by atomic mass is 9.77. The van der Waals surface area contributed by atoms with E-state index in [0.29, 0.717) is 60.9 Å². The molecule has 9 N–H and O–H groups in total. The molecule has 14 heteroatoms. The Labute approximate surface area is 316 Å². The third-order valence-corrected chi connectivity index (χ3v) is 11.6. The lowest BCUT2D eigenvalue weighted by Crippen LogP contribution is -2.52. The normalized spacial score (nSPS) is 29.9. The number of nitrogens with zero attached hydrogens (tertiary/aromatic N) is 1. The van der Waals surface area contributed by atoms with E-state index in [1.807, 2.05) is 38.3 Å². The maximum Gasteiger partial charge on any atom is 0.341 e. The van der Waals surface area contributed by atoms with Crippen molar-refractivity contribution in [2.75, 3.05) is 0 Å². The molecule has 2 saturated heterocycles. The second kappa shape index (κ2) is 12.7. The summed E-state index contributed by atoms with van der Waals surface area (Å²) in [6.45, 7) is 5.99. The first-order valence-corrected chi connectivity index (χ1v) is 18.9. The third kappa shape index (κ3) is 6.22. The zero-order valence-corrected chi connectivity index (χ0v) is 30.9. The highest BCUT2D eigenvalue weighted by Gasteiger charge is 2.65. The average Bonchev–Trinajstić information content (AvgIpc) is 3.37. The van der Waals surface area contributed by atoms with Gasteiger partial charge in [0.05, 0.1) is 41.5 Å². The zero-order valence-electron chi connectivity index (χ0n) is 30.9. The summed E-state index contributed by atoms with van der Waals surface area (Å²) in [6.07, 6.45) is 13.8. The predicted molar refractivity (Wildman–Crippen MR) is 204 cm³/mol. The number of rotatable bonds is 6. The number of fused-ring (bicyclic) bond motifs is 5. The number of carbonyl (C=O) groups is 1. The van der Waals surface area contributed by atoms with Crippen LogP contribution in [0.5, 0.6) is 11.5 Å². The molecule has 1 aromatic carbocycles. The number of hydrogen-bond acceptors (Lipinski definition) is 12. The molecule has 0 aliphatic carbocycles. The Morgan fingerprint density at radius 2 is 1.87 bits per heavy atom. The first kappa shape index (κ1) is 35.1. The first-order valence-electron chi connectivity index (χ1n) is 18.9. The fourth-order valence-corrected chi connectivity index (χ4v) is 9.09. The largest absolute Gasteiger partial charge is 0.507 e. The number of allylic oxidation sites excluding steroid dienone is 2. The fraction of sp³-hybridized carbons (Fsp3) is 0.415. The minimum Gasteiger partial charge on any atom is -0.507 e. The second-order valence-corrected chi connectivity index (χ2v) is 16.1. The minimum atomic E-state index is -1.33. The molecule has 55 heavy (non-hydrogen) atoms. The van der Waals surface area contributed by atoms with Crippen LogP contribution in [-0.2, 0) is 20.8 Å². The number of H-pyrrole nitrogens is 1. The summed E-state index contributed by atoms with van der Waals surface area (Å²) in [7, 11) is 0. The molecule has 0 amide bonds. The summed E-state index contributed by atoms with van der Waals surface area (Å²) < 4.78 is 26.8. The molecule has 3 aromatic heterocycles. The highest BCUT2D eigenvalue weighted by molar-refractivity contribution is 5.88. The van der Waals surface area contributed by atoms with Crippen LogP contribution in [0, 0.1) is 6.92 Å². The van der Waals surface area contributed by atoms with Crippen LogP contribution in [0.15, 0.2) is 93.1 Å². The Kier molecular flexibility index (Phi) is 8.13. The maximum absolute atomic E-state index is 14.2. The van der Waals surface area contributed by atoms with Crippen LogP contribution in [0.1, 0.15) is 63.2 Å². The van der Waals surface area contributed by atoms with Crippen LogP contribution < -0.4 is 32.3 Å². The molecule has 9 rings (SSSR count). The van der Waals surface area contributed by atoms with Crippen molar-refractivity contribution < 1.29 is 33.6 Å². The Morgan fingerprint density at radius 1 is 1.05 bits per heavy atom. The number of aliphatic hydroxyl groups is 1. The topological polar surface area (TPSA) is 216 Å². The van der Waals surface area contributed by atoms with Crippen LogP contribution in [-0.4, -0.2) is 67.3 Å². The molecule has 288 valence electrons. The standard InChI is InChI=1S/C41H46N6O8/c1-20-10-29(49)36-30(52-20)15-31-35(37(36)50)26-6-5-25(48)16-41(39(51)53-38(26)40(2,3)54-31)32(55-41)7-4-21-11-27(46-33(42)12-21)23-13-24(45-34(43)14-23)18-47-17-22-8-9-44-28(22)19-47/h8-15,17,19,24-27,32,38,44-46,48,50H,4-7,16,18,42-43H2,1-3H3/t24?,25-,26+,27?,32-,38-,41+/m1/s1. The molecule has 5 aliphatic heterocycles. The van der Waals surface area contributed by atoms with Gasteiger partial charge >= 0.3 is 5.97 Å². The Bertz CT molecular complexity index is 2390. The number of aryl methyl sites for hydroxylation is 1. The van der Waals surface area contributed by atoms with Crippen molar-refractivity contribution in [3.63, 3.8) is 0 Å². The van der Waals surface area contributed by atoms with E-state index in [0.717, 1.165) is 22.0 Å². The van der Waals surface area contributed by atoms with E-state index in [1.165, 1.54) is 6.07 Å². The molecular formula is C41H46N6O8. The number of nitrogens with two attached hydrogens (primary N) is 2. The number of benzene rings is 1. The molecule has 5 aliphatic rings. The van der Waals surface area contributed by atoms with Gasteiger partial charge in [-0.3, -0.25) is 4.79 Å². The zero-order chi connectivity index (χ0) is 38.4. The van der Waals surface area contributed by atoms with Crippen molar-refractivity contribution in [3.8, 4) is 11.5 Å². The maximum atomic E-state index is 14.2. The molecule has 0 radical (unpaired) electrons. The monoisotopic (exact) mass is 750 g/mol. The minimum absolute atomic E-state index is 0.0374. The van der Waals surface area contributed by atoms with Gasteiger partial charge in [0.2, 0.25) is 0 Å². The molecular weight excluding hydrogens is 704 g/mol. The van der Waals surface area contributed by atoms with Gasteiger partial charge in [-0.15, -0.1) is 0 Å². The molecule has 8 heterocycles. The molecule has 0 bridgehead atoms. The van der Waals surface area contributed by atoms with E-state index in [-0.39, 0.29) is 40.7 Å². The summed E-state index contributed by atoms with van der Waals surface area (Å²) in [5.74, 6) is 0.426. The van der Waals surface area contributed by atoms with Gasteiger partial charge in [-0.25, -0.2) is 4.79 Å². The van der Waals surface area contributed by atoms with Crippen molar-refractivity contribution >= 4 is 27.8 Å². The molecule has 2 fully saturated rings. The van der Waals surface area contributed by atoms with Crippen molar-refractivity contribution in [2.24, 2.45) is 11.5 Å². The molecule has 1 spiro atoms. The Morgan fingerprint density at radius 3 is 2.69 bits per heavy atom. The van der Waals surface area contributed by atoms with Crippen molar-refractivity contribution in [3.05, 3.63) is 105 Å². The van der Waals surface area contributed by atoms with Crippen LogP contribution in [0.2, 0.25) is 0 Å². The van der Waals surface area contributed by atoms with Gasteiger partial charge in [-0.2, -0.15) is 0 Å². The fourth-order valence-electron chi connectivity index (χ4n) is 9.09. The lowest BCUT2D eigenvalue weighted by Gasteiger charge is -2.44. The van der Waals surface area contributed by atoms with Crippen LogP contribution >= 0.6 is 0 Å². The number of aliphatic hydroxyl groups excluding tert-OH is 1. The van der Waals surface area contributed by atoms with Gasteiger partial charge in [-0.05, 0) is 75.8 Å². The summed E-state index contributed by atoms with van der Waals surface area (Å²) >= 11 is 0. The van der Waals surface area contributed by atoms with Crippen molar-refractivity contribution in [1.82, 2.24) is 20.2 Å². The quantitative estimate of drug-likeness (QED) is 0.111. The SMILES string of the molecule is Cc1cc(=O)c2c(O)c3c(cc2o1)OC(C)(C)[C@@H]1OC(=O)[C@@]2(C[C@H](O)CC[C@@H]31)O[C@@H]2CCC1=CC(C2=CC(Cn3cc4cc[nH]c4c3)NC(N)=C2)NC(N)=C1. The number of carbonyl (C=O) groups excluding carboxylic acids is 1. The number of nitrogens with one attached hydrogen (secondary N) is 3. The number of aromatic hydroxyl groups is 1. The molecule has 7 atom stereocenters. The Hall–Kier alpha value is -5.60. The number of aromatic amines is 1. The van der Waals surface area contributed by atoms with E-state index in [4.69, 9.17) is 30.1 Å². The first-order chi connectivity index (χ1) is 26.3. The number of aromatic nitrogens is 2. The summed E-state index contributed by atoms with van der Waals surface area (Å²) in [5.41, 5.74) is 13.6. The van der Waals surface area contributed by atoms with Gasteiger partial charge in [0, 0.05) is 60.6 Å². The van der Waals surface area contributed by atoms with Gasteiger partial charge in [0.15, 0.2) is 11.0 Å². The van der Waals surface area contributed by atoms with Crippen LogP contribution in [0.3, 0.4) is 0 Å². The lowest BCUT2D eigenvalue weighted by molar-refractivity contribution is -0.171. The van der Waals surface area contributed by atoms with E-state index < -0.39 is 41.4 Å². The highest BCUT2D eigenvalue weighted by atomic mass is 16.7. The van der Waals surface area contributed by atoms with Crippen molar-refractivity contribution in [2.45, 2.75) is 107 Å². The van der Waals surface area contributed by atoms with Gasteiger partial charge in [0.1, 0.15) is 39.9 Å². The van der Waals surface area contributed by atoms with Gasteiger partial charge < -0.3 is 60.5 Å². The Balaban J connectivity index is 0.923. The molecule has 14 nitrogen and oxygen atoms in total. The van der Waals surface area contributed by atoms with E-state index in [9.17, 15) is 19.8 Å². The van der Waals surface area contributed by atoms with Gasteiger partial charge in [-0.1, -0.05) is 12.2 Å². The van der Waals surface area contributed by atoms with Crippen molar-refractivity contribution in [1.29, 1.82) is 0 Å². The average molecular weight is 751 g/mol. The number of phenols is 1. The smallest absolute Gasteiger partial charge is 0.341 e. The number of phenolic OH excluding ortho intramolecular Hbond substituents is 1. The number of dihydropyridines is 2. The highest BCUT2D eigenvalue weighted by Crippen LogP contribution is 2.54. The number of epoxide rings is 1. The number of esters is 1. The summed E-state index contributed by atoms with van der Waals surface area (Å²) in [6, 6.07) is 4.72. The molecule has 0 saturated carbocycles. The molecule has 2 unspecified atom stereocenters. The predicted octanol–water partition coefficient (Wildman–Crippen LogP) is 3.82. The van der Waals surface area contributed by atoms with Gasteiger partial charge in [0.25, 0.3) is 0 Å². The van der Waals surface area contributed by atoms with Crippen LogP contribution in [0.25, 0.3) is 21.9 Å². The summed E-state index contributed by atoms with van der Waals surface area (Å²) in [4.78, 5) is 30.4. The third-order valence-electron chi connectivity index (χ3n) is 11.6. The van der Waals surface area contributed by atoms with E-state index >= 15 is 0 Å². The van der Waals surface area contributed by atoms with Crippen LogP contribution in [0.4, 0.5) is 0 Å². The van der Waals surface area contributed by atoms with E-state index in [1.54, 1.807) is 13.0 Å². The summed E-state index contributed by atoms with van der Waals surface area (Å²) in [5, 5.41) is 30.7. The number of ether oxygens (including phenoxy) is 3.